The van der Waals surface area contributed by atoms with Crippen molar-refractivity contribution in [2.24, 2.45) is 0 Å². The molecule has 0 aliphatic heterocycles. The monoisotopic (exact) mass is 343 g/mol. The summed E-state index contributed by atoms with van der Waals surface area (Å²) in [6, 6.07) is 7.49. The number of carbonyl (C=O) groups excluding carboxylic acids is 1. The number of benzene rings is 1. The summed E-state index contributed by atoms with van der Waals surface area (Å²) in [5.74, 6) is 2.19. The smallest absolute Gasteiger partial charge is 0.234 e. The number of nitrogens with one attached hydrogen (secondary N) is 1. The standard InChI is InChI=1S/C16H17N5O2S/c1-23-12-6-2-10(3-7-12)8-13(22)17-9-14-20-21-15(11-4-5-11)18-19-16(21)24-14/h2-3,6-7,11H,4-5,8-9H2,1H3,(H,17,22). The summed E-state index contributed by atoms with van der Waals surface area (Å²) in [5.41, 5.74) is 0.947. The number of nitrogens with zero attached hydrogens (tertiary/aromatic N) is 4. The molecule has 1 N–H and O–H groups in total. The SMILES string of the molecule is COc1ccc(CC(=O)NCc2nn3c(C4CC4)nnc3s2)cc1. The minimum absolute atomic E-state index is 0.0338. The molecule has 4 rings (SSSR count). The highest BCUT2D eigenvalue weighted by Gasteiger charge is 2.30. The van der Waals surface area contributed by atoms with Crippen LogP contribution in [0.3, 0.4) is 0 Å². The molecule has 1 aliphatic rings. The van der Waals surface area contributed by atoms with Crippen LogP contribution in [-0.2, 0) is 17.8 Å². The molecule has 1 amide bonds. The van der Waals surface area contributed by atoms with Crippen LogP contribution in [0.5, 0.6) is 5.75 Å². The second-order valence-corrected chi connectivity index (χ2v) is 6.86. The Labute approximate surface area is 142 Å². The van der Waals surface area contributed by atoms with Crippen LogP contribution in [0.4, 0.5) is 0 Å². The molecule has 24 heavy (non-hydrogen) atoms. The number of hydrogen-bond acceptors (Lipinski definition) is 6. The Morgan fingerprint density at radius 2 is 2.12 bits per heavy atom. The maximum atomic E-state index is 12.1. The quantitative estimate of drug-likeness (QED) is 0.740. The Morgan fingerprint density at radius 3 is 2.83 bits per heavy atom. The van der Waals surface area contributed by atoms with Gasteiger partial charge in [-0.2, -0.15) is 9.61 Å². The van der Waals surface area contributed by atoms with Crippen molar-refractivity contribution < 1.29 is 9.53 Å². The van der Waals surface area contributed by atoms with Gasteiger partial charge < -0.3 is 10.1 Å². The molecule has 8 heteroatoms. The van der Waals surface area contributed by atoms with E-state index in [1.54, 1.807) is 7.11 Å². The van der Waals surface area contributed by atoms with Crippen LogP contribution in [0.2, 0.25) is 0 Å². The lowest BCUT2D eigenvalue weighted by Gasteiger charge is -2.04. The van der Waals surface area contributed by atoms with Crippen LogP contribution in [0.25, 0.3) is 4.96 Å². The lowest BCUT2D eigenvalue weighted by atomic mass is 10.1. The van der Waals surface area contributed by atoms with Gasteiger partial charge in [0.2, 0.25) is 10.9 Å². The molecular weight excluding hydrogens is 326 g/mol. The van der Waals surface area contributed by atoms with Crippen molar-refractivity contribution in [1.29, 1.82) is 0 Å². The van der Waals surface area contributed by atoms with E-state index in [9.17, 15) is 4.79 Å². The van der Waals surface area contributed by atoms with Gasteiger partial charge >= 0.3 is 0 Å². The molecule has 1 aliphatic carbocycles. The van der Waals surface area contributed by atoms with Crippen molar-refractivity contribution >= 4 is 22.2 Å². The molecule has 0 unspecified atom stereocenters. The molecule has 2 heterocycles. The fourth-order valence-corrected chi connectivity index (χ4v) is 3.28. The van der Waals surface area contributed by atoms with Crippen LogP contribution in [0, 0.1) is 0 Å². The minimum Gasteiger partial charge on any atom is -0.497 e. The zero-order valence-corrected chi connectivity index (χ0v) is 14.0. The summed E-state index contributed by atoms with van der Waals surface area (Å²) in [5, 5.41) is 16.6. The molecule has 0 radical (unpaired) electrons. The van der Waals surface area contributed by atoms with E-state index in [0.717, 1.165) is 39.9 Å². The van der Waals surface area contributed by atoms with Gasteiger partial charge in [-0.15, -0.1) is 10.2 Å². The lowest BCUT2D eigenvalue weighted by Crippen LogP contribution is -2.24. The third-order valence-corrected chi connectivity index (χ3v) is 4.86. The molecule has 0 atom stereocenters. The largest absolute Gasteiger partial charge is 0.497 e. The molecule has 0 saturated heterocycles. The van der Waals surface area contributed by atoms with Crippen molar-refractivity contribution in [3.8, 4) is 5.75 Å². The van der Waals surface area contributed by atoms with Gasteiger partial charge in [0.15, 0.2) is 5.82 Å². The highest BCUT2D eigenvalue weighted by atomic mass is 32.1. The van der Waals surface area contributed by atoms with Gasteiger partial charge in [-0.3, -0.25) is 4.79 Å². The number of amides is 1. The number of hydrogen-bond donors (Lipinski definition) is 1. The van der Waals surface area contributed by atoms with E-state index < -0.39 is 0 Å². The Kier molecular flexibility index (Phi) is 3.89. The van der Waals surface area contributed by atoms with Gasteiger partial charge in [-0.25, -0.2) is 0 Å². The van der Waals surface area contributed by atoms with Gasteiger partial charge in [-0.1, -0.05) is 23.5 Å². The van der Waals surface area contributed by atoms with Crippen LogP contribution >= 0.6 is 11.3 Å². The maximum Gasteiger partial charge on any atom is 0.234 e. The number of rotatable bonds is 6. The van der Waals surface area contributed by atoms with Crippen LogP contribution in [-0.4, -0.2) is 32.8 Å². The van der Waals surface area contributed by atoms with E-state index in [4.69, 9.17) is 4.74 Å². The van der Waals surface area contributed by atoms with Crippen molar-refractivity contribution in [1.82, 2.24) is 25.1 Å². The van der Waals surface area contributed by atoms with Crippen molar-refractivity contribution in [2.75, 3.05) is 7.11 Å². The topological polar surface area (TPSA) is 81.4 Å². The normalized spacial score (nSPS) is 14.0. The van der Waals surface area contributed by atoms with Crippen LogP contribution < -0.4 is 10.1 Å². The van der Waals surface area contributed by atoms with Crippen LogP contribution in [0.15, 0.2) is 24.3 Å². The molecule has 3 aromatic rings. The first kappa shape index (κ1) is 15.1. The Morgan fingerprint density at radius 1 is 1.33 bits per heavy atom. The van der Waals surface area contributed by atoms with Crippen molar-refractivity contribution in [2.45, 2.75) is 31.7 Å². The number of aromatic nitrogens is 4. The van der Waals surface area contributed by atoms with Crippen LogP contribution in [0.1, 0.15) is 35.2 Å². The molecule has 1 aromatic carbocycles. The molecule has 1 saturated carbocycles. The molecule has 7 nitrogen and oxygen atoms in total. The molecule has 124 valence electrons. The van der Waals surface area contributed by atoms with Crippen molar-refractivity contribution in [3.05, 3.63) is 40.7 Å². The summed E-state index contributed by atoms with van der Waals surface area (Å²) >= 11 is 1.46. The lowest BCUT2D eigenvalue weighted by molar-refractivity contribution is -0.120. The van der Waals surface area contributed by atoms with E-state index in [1.165, 1.54) is 11.3 Å². The predicted molar refractivity (Wildman–Crippen MR) is 89.2 cm³/mol. The first-order valence-corrected chi connectivity index (χ1v) is 8.65. The molecule has 0 bridgehead atoms. The van der Waals surface area contributed by atoms with Gasteiger partial charge in [0.25, 0.3) is 0 Å². The highest BCUT2D eigenvalue weighted by molar-refractivity contribution is 7.16. The fourth-order valence-electron chi connectivity index (χ4n) is 2.50. The van der Waals surface area contributed by atoms with Gasteiger partial charge in [0.1, 0.15) is 10.8 Å². The molecular formula is C16H17N5O2S. The summed E-state index contributed by atoms with van der Waals surface area (Å²) in [6.07, 6.45) is 2.65. The average Bonchev–Trinajstić information content (AvgIpc) is 3.23. The highest BCUT2D eigenvalue weighted by Crippen LogP contribution is 2.39. The van der Waals surface area contributed by atoms with Gasteiger partial charge in [0.05, 0.1) is 20.1 Å². The molecule has 1 fully saturated rings. The maximum absolute atomic E-state index is 12.1. The third kappa shape index (κ3) is 3.09. The number of fused-ring (bicyclic) bond motifs is 1. The fraction of sp³-hybridized carbons (Fsp3) is 0.375. The zero-order valence-electron chi connectivity index (χ0n) is 13.2. The second-order valence-electron chi connectivity index (χ2n) is 5.82. The van der Waals surface area contributed by atoms with E-state index in [0.29, 0.717) is 18.9 Å². The number of ether oxygens (including phenoxy) is 1. The summed E-state index contributed by atoms with van der Waals surface area (Å²) in [6.45, 7) is 0.410. The van der Waals surface area contributed by atoms with Crippen molar-refractivity contribution in [3.63, 3.8) is 0 Å². The number of methoxy groups -OCH3 is 1. The van der Waals surface area contributed by atoms with E-state index in [1.807, 2.05) is 28.8 Å². The van der Waals surface area contributed by atoms with E-state index >= 15 is 0 Å². The first-order chi connectivity index (χ1) is 11.7. The predicted octanol–water partition coefficient (Wildman–Crippen LogP) is 1.93. The number of carbonyl (C=O) groups is 1. The minimum atomic E-state index is -0.0338. The third-order valence-electron chi connectivity index (χ3n) is 3.96. The molecule has 0 spiro atoms. The molecule has 2 aromatic heterocycles. The summed E-state index contributed by atoms with van der Waals surface area (Å²) in [4.78, 5) is 12.9. The summed E-state index contributed by atoms with van der Waals surface area (Å²) < 4.78 is 6.92. The zero-order chi connectivity index (χ0) is 16.5. The van der Waals surface area contributed by atoms with Gasteiger partial charge in [-0.05, 0) is 30.5 Å². The van der Waals surface area contributed by atoms with Gasteiger partial charge in [0, 0.05) is 5.92 Å². The van der Waals surface area contributed by atoms with E-state index in [2.05, 4.69) is 20.6 Å². The Bertz CT molecular complexity index is 866. The summed E-state index contributed by atoms with van der Waals surface area (Å²) in [7, 11) is 1.62. The second kappa shape index (κ2) is 6.20. The van der Waals surface area contributed by atoms with E-state index in [-0.39, 0.29) is 5.91 Å². The first-order valence-electron chi connectivity index (χ1n) is 7.83. The Balaban J connectivity index is 1.36. The average molecular weight is 343 g/mol. The Hall–Kier alpha value is -2.48.